The number of hydrogen-bond donors (Lipinski definition) is 1. The van der Waals surface area contributed by atoms with E-state index in [4.69, 9.17) is 16.3 Å². The number of carbonyl (C=O) groups is 1. The van der Waals surface area contributed by atoms with Crippen molar-refractivity contribution in [1.82, 2.24) is 14.9 Å². The quantitative estimate of drug-likeness (QED) is 0.520. The highest BCUT2D eigenvalue weighted by Gasteiger charge is 2.23. The fourth-order valence-corrected chi connectivity index (χ4v) is 2.81. The lowest BCUT2D eigenvalue weighted by molar-refractivity contribution is 0.0983. The lowest BCUT2D eigenvalue weighted by atomic mass is 10.1. The minimum Gasteiger partial charge on any atom is -0.450 e. The Morgan fingerprint density at radius 3 is 2.86 bits per heavy atom. The normalized spacial score (nSPS) is 15.9. The first-order chi connectivity index (χ1) is 10.1. The van der Waals surface area contributed by atoms with Gasteiger partial charge in [0.1, 0.15) is 11.0 Å². The zero-order valence-corrected chi connectivity index (χ0v) is 13.7. The largest absolute Gasteiger partial charge is 0.450 e. The fraction of sp³-hybridized carbons (Fsp3) is 0.615. The zero-order valence-electron chi connectivity index (χ0n) is 12.1. The average molecular weight is 331 g/mol. The molecule has 0 unspecified atom stereocenters. The molecule has 1 aliphatic heterocycles. The molecular weight excluding hydrogens is 312 g/mol. The molecule has 1 aliphatic rings. The van der Waals surface area contributed by atoms with E-state index in [0.29, 0.717) is 30.0 Å². The van der Waals surface area contributed by atoms with Crippen LogP contribution in [0.25, 0.3) is 0 Å². The summed E-state index contributed by atoms with van der Waals surface area (Å²) in [5.41, 5.74) is 0. The highest BCUT2D eigenvalue weighted by molar-refractivity contribution is 7.98. The molecule has 0 aromatic carbocycles. The molecule has 2 rings (SSSR count). The second-order valence-electron chi connectivity index (χ2n) is 4.67. The number of aromatic nitrogens is 2. The van der Waals surface area contributed by atoms with Crippen LogP contribution in [0.4, 0.5) is 10.6 Å². The van der Waals surface area contributed by atoms with Gasteiger partial charge < -0.3 is 15.0 Å². The van der Waals surface area contributed by atoms with Crippen molar-refractivity contribution in [3.05, 3.63) is 11.2 Å². The van der Waals surface area contributed by atoms with Crippen molar-refractivity contribution in [1.29, 1.82) is 0 Å². The molecule has 2 heterocycles. The van der Waals surface area contributed by atoms with E-state index >= 15 is 0 Å². The number of carbonyl (C=O) groups excluding carboxylic acids is 1. The molecule has 1 amide bonds. The van der Waals surface area contributed by atoms with Gasteiger partial charge in [0.15, 0.2) is 5.16 Å². The Kier molecular flexibility index (Phi) is 5.93. The predicted molar refractivity (Wildman–Crippen MR) is 84.1 cm³/mol. The predicted octanol–water partition coefficient (Wildman–Crippen LogP) is 2.88. The Hall–Kier alpha value is -1.21. The van der Waals surface area contributed by atoms with Crippen molar-refractivity contribution >= 4 is 35.3 Å². The molecule has 0 aliphatic carbocycles. The standard InChI is InChI=1S/C13H19ClN4O2S/c1-3-20-13(19)18-6-4-9(5-7-18)15-11-8-10(14)16-12(17-11)21-2/h8-9H,3-7H2,1-2H3,(H,15,16,17). The van der Waals surface area contributed by atoms with Crippen molar-refractivity contribution in [2.75, 3.05) is 31.3 Å². The van der Waals surface area contributed by atoms with Gasteiger partial charge in [0.05, 0.1) is 6.61 Å². The van der Waals surface area contributed by atoms with Crippen LogP contribution < -0.4 is 5.32 Å². The van der Waals surface area contributed by atoms with Crippen molar-refractivity contribution in [3.8, 4) is 0 Å². The highest BCUT2D eigenvalue weighted by atomic mass is 35.5. The number of thioether (sulfide) groups is 1. The summed E-state index contributed by atoms with van der Waals surface area (Å²) in [5.74, 6) is 0.730. The van der Waals surface area contributed by atoms with E-state index < -0.39 is 0 Å². The third kappa shape index (κ3) is 4.64. The number of hydrogen-bond acceptors (Lipinski definition) is 6. The maximum atomic E-state index is 11.6. The van der Waals surface area contributed by atoms with Gasteiger partial charge in [-0.3, -0.25) is 0 Å². The van der Waals surface area contributed by atoms with Gasteiger partial charge in [-0.15, -0.1) is 0 Å². The van der Waals surface area contributed by atoms with Gasteiger partial charge in [0.25, 0.3) is 0 Å². The summed E-state index contributed by atoms with van der Waals surface area (Å²) in [5, 5.41) is 4.44. The van der Waals surface area contributed by atoms with Gasteiger partial charge in [-0.1, -0.05) is 23.4 Å². The minimum absolute atomic E-state index is 0.231. The molecule has 8 heteroatoms. The Bertz CT molecular complexity index is 495. The Morgan fingerprint density at radius 2 is 2.24 bits per heavy atom. The van der Waals surface area contributed by atoms with Gasteiger partial charge in [-0.2, -0.15) is 0 Å². The Balaban J connectivity index is 1.89. The van der Waals surface area contributed by atoms with E-state index in [-0.39, 0.29) is 12.1 Å². The van der Waals surface area contributed by atoms with E-state index in [0.717, 1.165) is 18.7 Å². The first-order valence-corrected chi connectivity index (χ1v) is 8.49. The smallest absolute Gasteiger partial charge is 0.409 e. The van der Waals surface area contributed by atoms with E-state index in [1.54, 1.807) is 11.0 Å². The third-order valence-electron chi connectivity index (χ3n) is 3.23. The van der Waals surface area contributed by atoms with Crippen LogP contribution in [0, 0.1) is 0 Å². The molecule has 1 aromatic heterocycles. The van der Waals surface area contributed by atoms with Crippen LogP contribution in [0.15, 0.2) is 11.2 Å². The van der Waals surface area contributed by atoms with E-state index in [9.17, 15) is 4.79 Å². The van der Waals surface area contributed by atoms with Crippen LogP contribution in [0.5, 0.6) is 0 Å². The van der Waals surface area contributed by atoms with Crippen LogP contribution in [0.3, 0.4) is 0 Å². The van der Waals surface area contributed by atoms with Gasteiger partial charge >= 0.3 is 6.09 Å². The second-order valence-corrected chi connectivity index (χ2v) is 5.83. The number of amides is 1. The maximum Gasteiger partial charge on any atom is 0.409 e. The minimum atomic E-state index is -0.231. The number of rotatable bonds is 4. The zero-order chi connectivity index (χ0) is 15.2. The summed E-state index contributed by atoms with van der Waals surface area (Å²) in [6.07, 6.45) is 3.39. The topological polar surface area (TPSA) is 67.3 Å². The molecule has 1 aromatic rings. The Morgan fingerprint density at radius 1 is 1.52 bits per heavy atom. The van der Waals surface area contributed by atoms with E-state index in [1.807, 2.05) is 13.2 Å². The Labute approximate surface area is 133 Å². The summed E-state index contributed by atoms with van der Waals surface area (Å²) in [6, 6.07) is 2.00. The van der Waals surface area contributed by atoms with Crippen molar-refractivity contribution in [3.63, 3.8) is 0 Å². The summed E-state index contributed by atoms with van der Waals surface area (Å²) in [6.45, 7) is 3.59. The van der Waals surface area contributed by atoms with Crippen LogP contribution in [-0.4, -0.2) is 53.0 Å². The summed E-state index contributed by atoms with van der Waals surface area (Å²) in [7, 11) is 0. The number of likely N-dealkylation sites (tertiary alicyclic amines) is 1. The van der Waals surface area contributed by atoms with Crippen molar-refractivity contribution in [2.24, 2.45) is 0 Å². The van der Waals surface area contributed by atoms with Crippen molar-refractivity contribution < 1.29 is 9.53 Å². The number of halogens is 1. The highest BCUT2D eigenvalue weighted by Crippen LogP contribution is 2.20. The van der Waals surface area contributed by atoms with Gasteiger partial charge in [-0.05, 0) is 26.0 Å². The van der Waals surface area contributed by atoms with Crippen molar-refractivity contribution in [2.45, 2.75) is 31.0 Å². The monoisotopic (exact) mass is 330 g/mol. The lowest BCUT2D eigenvalue weighted by Crippen LogP contribution is -2.42. The number of nitrogens with one attached hydrogen (secondary N) is 1. The molecule has 6 nitrogen and oxygen atoms in total. The average Bonchev–Trinajstić information content (AvgIpc) is 2.47. The van der Waals surface area contributed by atoms with Crippen LogP contribution in [0.2, 0.25) is 5.15 Å². The molecule has 1 fully saturated rings. The molecular formula is C13H19ClN4O2S. The lowest BCUT2D eigenvalue weighted by Gasteiger charge is -2.31. The van der Waals surface area contributed by atoms with E-state index in [2.05, 4.69) is 15.3 Å². The summed E-state index contributed by atoms with van der Waals surface area (Å²) in [4.78, 5) is 21.9. The number of nitrogens with zero attached hydrogens (tertiary/aromatic N) is 3. The third-order valence-corrected chi connectivity index (χ3v) is 3.97. The molecule has 1 N–H and O–H groups in total. The molecule has 0 atom stereocenters. The van der Waals surface area contributed by atoms with Crippen LogP contribution in [0.1, 0.15) is 19.8 Å². The van der Waals surface area contributed by atoms with Crippen LogP contribution in [-0.2, 0) is 4.74 Å². The van der Waals surface area contributed by atoms with Gasteiger partial charge in [-0.25, -0.2) is 14.8 Å². The van der Waals surface area contributed by atoms with Crippen LogP contribution >= 0.6 is 23.4 Å². The number of anilines is 1. The van der Waals surface area contributed by atoms with E-state index in [1.165, 1.54) is 11.8 Å². The molecule has 21 heavy (non-hydrogen) atoms. The SMILES string of the molecule is CCOC(=O)N1CCC(Nc2cc(Cl)nc(SC)n2)CC1. The fourth-order valence-electron chi connectivity index (χ4n) is 2.19. The molecule has 0 bridgehead atoms. The molecule has 0 saturated carbocycles. The first-order valence-electron chi connectivity index (χ1n) is 6.89. The molecule has 0 radical (unpaired) electrons. The number of piperidine rings is 1. The summed E-state index contributed by atoms with van der Waals surface area (Å²) >= 11 is 7.42. The first kappa shape index (κ1) is 16.2. The number of ether oxygens (including phenoxy) is 1. The maximum absolute atomic E-state index is 11.6. The summed E-state index contributed by atoms with van der Waals surface area (Å²) < 4.78 is 5.01. The van der Waals surface area contributed by atoms with Gasteiger partial charge in [0, 0.05) is 25.2 Å². The molecule has 0 spiro atoms. The van der Waals surface area contributed by atoms with Gasteiger partial charge in [0.2, 0.25) is 0 Å². The second kappa shape index (κ2) is 7.70. The molecule has 1 saturated heterocycles. The molecule has 116 valence electrons.